The van der Waals surface area contributed by atoms with Gasteiger partial charge in [0.25, 0.3) is 0 Å². The molecule has 0 saturated heterocycles. The summed E-state index contributed by atoms with van der Waals surface area (Å²) >= 11 is 3.18. The summed E-state index contributed by atoms with van der Waals surface area (Å²) in [4.78, 5) is 11.5. The molecule has 1 aliphatic rings. The van der Waals surface area contributed by atoms with Gasteiger partial charge in [-0.2, -0.15) is 0 Å². The van der Waals surface area contributed by atoms with Crippen molar-refractivity contribution in [3.63, 3.8) is 0 Å². The highest BCUT2D eigenvalue weighted by Crippen LogP contribution is 2.28. The summed E-state index contributed by atoms with van der Waals surface area (Å²) in [5.41, 5.74) is 5.96. The average molecular weight is 362 g/mol. The molecule has 0 bridgehead atoms. The van der Waals surface area contributed by atoms with E-state index in [0.29, 0.717) is 10.2 Å². The number of hydrogen-bond acceptors (Lipinski definition) is 4. The van der Waals surface area contributed by atoms with Crippen LogP contribution in [0.2, 0.25) is 0 Å². The van der Waals surface area contributed by atoms with Crippen molar-refractivity contribution in [2.45, 2.75) is 17.7 Å². The Morgan fingerprint density at radius 2 is 2.05 bits per heavy atom. The van der Waals surface area contributed by atoms with Crippen LogP contribution in [0.3, 0.4) is 0 Å². The third-order valence-corrected chi connectivity index (χ3v) is 5.36. The summed E-state index contributed by atoms with van der Waals surface area (Å²) in [5, 5.41) is 2.69. The highest BCUT2D eigenvalue weighted by molar-refractivity contribution is 9.10. The number of anilines is 1. The third kappa shape index (κ3) is 3.94. The molecule has 8 heteroatoms. The Bertz CT molecular complexity index is 614. The molecule has 6 nitrogen and oxygen atoms in total. The second-order valence-electron chi connectivity index (χ2n) is 4.65. The van der Waals surface area contributed by atoms with Crippen molar-refractivity contribution in [3.05, 3.63) is 22.7 Å². The highest BCUT2D eigenvalue weighted by atomic mass is 79.9. The number of nitrogen functional groups attached to an aromatic ring is 1. The average Bonchev–Trinajstić information content (AvgIpc) is 3.21. The monoisotopic (exact) mass is 361 g/mol. The highest BCUT2D eigenvalue weighted by Gasteiger charge is 2.29. The van der Waals surface area contributed by atoms with Gasteiger partial charge in [-0.1, -0.05) is 0 Å². The van der Waals surface area contributed by atoms with Crippen LogP contribution in [0.5, 0.6) is 0 Å². The molecule has 1 fully saturated rings. The van der Waals surface area contributed by atoms with Gasteiger partial charge >= 0.3 is 0 Å². The summed E-state index contributed by atoms with van der Waals surface area (Å²) in [6, 6.07) is 4.58. The van der Waals surface area contributed by atoms with Crippen molar-refractivity contribution < 1.29 is 13.2 Å². The minimum atomic E-state index is -3.64. The number of halogens is 1. The number of hydrogen-bond donors (Lipinski definition) is 3. The zero-order valence-corrected chi connectivity index (χ0v) is 13.1. The molecule has 20 heavy (non-hydrogen) atoms. The lowest BCUT2D eigenvalue weighted by Gasteiger charge is -2.10. The summed E-state index contributed by atoms with van der Waals surface area (Å²) in [6.07, 6.45) is 1.85. The molecule has 0 aliphatic heterocycles. The molecule has 0 unspecified atom stereocenters. The molecular formula is C12H16BrN3O3S. The van der Waals surface area contributed by atoms with Crippen molar-refractivity contribution >= 4 is 37.5 Å². The zero-order valence-electron chi connectivity index (χ0n) is 10.7. The molecule has 1 aromatic rings. The predicted molar refractivity (Wildman–Crippen MR) is 79.5 cm³/mol. The smallest absolute Gasteiger partial charge is 0.241 e. The zero-order chi connectivity index (χ0) is 14.8. The lowest BCUT2D eigenvalue weighted by molar-refractivity contribution is -0.122. The Kier molecular flexibility index (Phi) is 4.66. The maximum atomic E-state index is 12.1. The second-order valence-corrected chi connectivity index (χ2v) is 7.24. The first-order valence-electron chi connectivity index (χ1n) is 6.22. The first-order chi connectivity index (χ1) is 9.40. The molecule has 1 saturated carbocycles. The van der Waals surface area contributed by atoms with Crippen LogP contribution in [0.4, 0.5) is 5.69 Å². The van der Waals surface area contributed by atoms with Crippen LogP contribution in [0, 0.1) is 5.92 Å². The fraction of sp³-hybridized carbons (Fsp3) is 0.417. The van der Waals surface area contributed by atoms with Crippen LogP contribution in [0.25, 0.3) is 0 Å². The molecule has 1 aliphatic carbocycles. The van der Waals surface area contributed by atoms with Gasteiger partial charge in [-0.3, -0.25) is 4.79 Å². The van der Waals surface area contributed by atoms with Crippen LogP contribution in [0.15, 0.2) is 27.6 Å². The van der Waals surface area contributed by atoms with Gasteiger partial charge in [0.15, 0.2) is 0 Å². The fourth-order valence-corrected chi connectivity index (χ4v) is 3.69. The number of carbonyl (C=O) groups excluding carboxylic acids is 1. The topological polar surface area (TPSA) is 101 Å². The summed E-state index contributed by atoms with van der Waals surface area (Å²) in [6.45, 7) is 0.413. The van der Waals surface area contributed by atoms with E-state index in [-0.39, 0.29) is 29.8 Å². The van der Waals surface area contributed by atoms with Crippen molar-refractivity contribution in [3.8, 4) is 0 Å². The normalized spacial score (nSPS) is 15.1. The maximum Gasteiger partial charge on any atom is 0.241 e. The molecule has 1 amide bonds. The maximum absolute atomic E-state index is 12.1. The first kappa shape index (κ1) is 15.3. The van der Waals surface area contributed by atoms with E-state index in [1.54, 1.807) is 12.1 Å². The van der Waals surface area contributed by atoms with E-state index >= 15 is 0 Å². The van der Waals surface area contributed by atoms with E-state index in [9.17, 15) is 13.2 Å². The molecule has 0 heterocycles. The Balaban J connectivity index is 1.90. The molecule has 0 radical (unpaired) electrons. The van der Waals surface area contributed by atoms with E-state index in [4.69, 9.17) is 5.73 Å². The Morgan fingerprint density at radius 3 is 2.70 bits per heavy atom. The van der Waals surface area contributed by atoms with E-state index in [2.05, 4.69) is 26.0 Å². The minimum Gasteiger partial charge on any atom is -0.399 e. The Labute approximate surface area is 126 Å². The van der Waals surface area contributed by atoms with Gasteiger partial charge in [0, 0.05) is 29.2 Å². The largest absolute Gasteiger partial charge is 0.399 e. The Morgan fingerprint density at radius 1 is 1.35 bits per heavy atom. The summed E-state index contributed by atoms with van der Waals surface area (Å²) in [5.74, 6) is 0.115. The van der Waals surface area contributed by atoms with E-state index in [0.717, 1.165) is 12.8 Å². The number of carbonyl (C=O) groups is 1. The molecule has 0 spiro atoms. The number of amides is 1. The molecular weight excluding hydrogens is 346 g/mol. The van der Waals surface area contributed by atoms with E-state index in [1.807, 2.05) is 0 Å². The van der Waals surface area contributed by atoms with E-state index < -0.39 is 10.0 Å². The number of sulfonamides is 1. The Hall–Kier alpha value is -1.12. The van der Waals surface area contributed by atoms with Gasteiger partial charge in [0.2, 0.25) is 15.9 Å². The molecule has 0 atom stereocenters. The van der Waals surface area contributed by atoms with Gasteiger partial charge in [0.05, 0.1) is 4.90 Å². The number of benzene rings is 1. The van der Waals surface area contributed by atoms with Crippen LogP contribution in [-0.4, -0.2) is 27.4 Å². The molecule has 1 aromatic carbocycles. The van der Waals surface area contributed by atoms with Crippen LogP contribution in [-0.2, 0) is 14.8 Å². The molecule has 0 aromatic heterocycles. The van der Waals surface area contributed by atoms with Crippen molar-refractivity contribution in [1.82, 2.24) is 10.0 Å². The van der Waals surface area contributed by atoms with Crippen molar-refractivity contribution in [2.75, 3.05) is 18.8 Å². The summed E-state index contributed by atoms with van der Waals surface area (Å²) in [7, 11) is -3.64. The summed E-state index contributed by atoms with van der Waals surface area (Å²) < 4.78 is 27.0. The standard InChI is InChI=1S/C12H16BrN3O3S/c13-10-4-3-9(14)7-11(10)20(18,19)16-6-5-15-12(17)8-1-2-8/h3-4,7-8,16H,1-2,5-6,14H2,(H,15,17). The molecule has 4 N–H and O–H groups in total. The molecule has 2 rings (SSSR count). The first-order valence-corrected chi connectivity index (χ1v) is 8.50. The second kappa shape index (κ2) is 6.11. The van der Waals surface area contributed by atoms with Crippen molar-refractivity contribution in [2.24, 2.45) is 5.92 Å². The number of nitrogens with two attached hydrogens (primary N) is 1. The number of rotatable bonds is 6. The third-order valence-electron chi connectivity index (χ3n) is 2.91. The number of nitrogens with one attached hydrogen (secondary N) is 2. The fourth-order valence-electron chi connectivity index (χ4n) is 1.66. The lowest BCUT2D eigenvalue weighted by Crippen LogP contribution is -2.35. The van der Waals surface area contributed by atoms with Crippen molar-refractivity contribution in [1.29, 1.82) is 0 Å². The van der Waals surface area contributed by atoms with Gasteiger partial charge in [-0.25, -0.2) is 13.1 Å². The van der Waals surface area contributed by atoms with Gasteiger partial charge < -0.3 is 11.1 Å². The van der Waals surface area contributed by atoms with Gasteiger partial charge in [-0.15, -0.1) is 0 Å². The van der Waals surface area contributed by atoms with Crippen LogP contribution < -0.4 is 15.8 Å². The predicted octanol–water partition coefficient (Wildman–Crippen LogP) is 0.836. The van der Waals surface area contributed by atoms with Gasteiger partial charge in [-0.05, 0) is 47.0 Å². The van der Waals surface area contributed by atoms with E-state index in [1.165, 1.54) is 6.07 Å². The van der Waals surface area contributed by atoms with Crippen LogP contribution >= 0.6 is 15.9 Å². The SMILES string of the molecule is Nc1ccc(Br)c(S(=O)(=O)NCCNC(=O)C2CC2)c1. The van der Waals surface area contributed by atoms with Crippen LogP contribution in [0.1, 0.15) is 12.8 Å². The minimum absolute atomic E-state index is 0.00525. The quantitative estimate of drug-likeness (QED) is 0.516. The molecule has 110 valence electrons. The van der Waals surface area contributed by atoms with Gasteiger partial charge in [0.1, 0.15) is 0 Å². The lowest BCUT2D eigenvalue weighted by atomic mass is 10.3.